The van der Waals surface area contributed by atoms with E-state index in [2.05, 4.69) is 0 Å². The Morgan fingerprint density at radius 3 is 2.38 bits per heavy atom. The standard InChI is InChI=1S/C10H20ClNO/c1-5-8(2)10(13)12(4)7-6-9(3)11/h8-9H,5-7H2,1-4H3. The fourth-order valence-corrected chi connectivity index (χ4v) is 1.13. The van der Waals surface area contributed by atoms with Crippen molar-refractivity contribution in [2.24, 2.45) is 5.92 Å². The molecule has 0 spiro atoms. The Balaban J connectivity index is 3.82. The van der Waals surface area contributed by atoms with Crippen LogP contribution >= 0.6 is 11.6 Å². The van der Waals surface area contributed by atoms with Gasteiger partial charge in [0.1, 0.15) is 0 Å². The van der Waals surface area contributed by atoms with E-state index in [0.29, 0.717) is 0 Å². The molecule has 0 aromatic rings. The zero-order chi connectivity index (χ0) is 10.4. The van der Waals surface area contributed by atoms with Crippen LogP contribution in [0, 0.1) is 5.92 Å². The van der Waals surface area contributed by atoms with Gasteiger partial charge in [0.05, 0.1) is 0 Å². The molecule has 0 saturated heterocycles. The number of halogens is 1. The second-order valence-electron chi connectivity index (χ2n) is 3.64. The topological polar surface area (TPSA) is 20.3 Å². The van der Waals surface area contributed by atoms with Crippen molar-refractivity contribution in [1.29, 1.82) is 0 Å². The number of hydrogen-bond acceptors (Lipinski definition) is 1. The number of amides is 1. The molecule has 3 heteroatoms. The minimum absolute atomic E-state index is 0.135. The quantitative estimate of drug-likeness (QED) is 0.632. The number of rotatable bonds is 5. The molecule has 0 aliphatic rings. The van der Waals surface area contributed by atoms with Crippen LogP contribution in [-0.4, -0.2) is 29.8 Å². The molecule has 0 aliphatic heterocycles. The molecule has 0 heterocycles. The molecule has 0 rings (SSSR count). The van der Waals surface area contributed by atoms with Crippen molar-refractivity contribution in [2.45, 2.75) is 39.0 Å². The number of alkyl halides is 1. The van der Waals surface area contributed by atoms with Crippen LogP contribution in [0.15, 0.2) is 0 Å². The van der Waals surface area contributed by atoms with E-state index in [0.717, 1.165) is 19.4 Å². The van der Waals surface area contributed by atoms with Crippen LogP contribution in [0.4, 0.5) is 0 Å². The minimum Gasteiger partial charge on any atom is -0.345 e. The van der Waals surface area contributed by atoms with Crippen molar-refractivity contribution in [1.82, 2.24) is 4.90 Å². The summed E-state index contributed by atoms with van der Waals surface area (Å²) in [5.41, 5.74) is 0. The van der Waals surface area contributed by atoms with Gasteiger partial charge in [0, 0.05) is 24.9 Å². The summed E-state index contributed by atoms with van der Waals surface area (Å²) in [7, 11) is 1.84. The van der Waals surface area contributed by atoms with Crippen molar-refractivity contribution in [2.75, 3.05) is 13.6 Å². The molecule has 0 radical (unpaired) electrons. The zero-order valence-electron chi connectivity index (χ0n) is 9.01. The fraction of sp³-hybridized carbons (Fsp3) is 0.900. The predicted octanol–water partition coefficient (Wildman–Crippen LogP) is 2.51. The summed E-state index contributed by atoms with van der Waals surface area (Å²) in [5.74, 6) is 0.357. The van der Waals surface area contributed by atoms with Crippen LogP contribution in [-0.2, 0) is 4.79 Å². The molecular weight excluding hydrogens is 186 g/mol. The van der Waals surface area contributed by atoms with Gasteiger partial charge < -0.3 is 4.90 Å². The predicted molar refractivity (Wildman–Crippen MR) is 57.0 cm³/mol. The Kier molecular flexibility index (Phi) is 6.13. The molecular formula is C10H20ClNO. The highest BCUT2D eigenvalue weighted by Crippen LogP contribution is 2.07. The summed E-state index contributed by atoms with van der Waals surface area (Å²) in [6.45, 7) is 6.69. The van der Waals surface area contributed by atoms with Crippen LogP contribution in [0.3, 0.4) is 0 Å². The molecule has 0 bridgehead atoms. The van der Waals surface area contributed by atoms with E-state index in [1.165, 1.54) is 0 Å². The Bertz CT molecular complexity index is 159. The maximum atomic E-state index is 11.6. The lowest BCUT2D eigenvalue weighted by Crippen LogP contribution is -2.32. The van der Waals surface area contributed by atoms with Crippen LogP contribution < -0.4 is 0 Å². The van der Waals surface area contributed by atoms with Crippen LogP contribution in [0.5, 0.6) is 0 Å². The van der Waals surface area contributed by atoms with E-state index >= 15 is 0 Å². The van der Waals surface area contributed by atoms with Gasteiger partial charge in [-0.1, -0.05) is 13.8 Å². The SMILES string of the molecule is CCC(C)C(=O)N(C)CCC(C)Cl. The van der Waals surface area contributed by atoms with Gasteiger partial charge in [0.2, 0.25) is 5.91 Å². The van der Waals surface area contributed by atoms with Crippen LogP contribution in [0.25, 0.3) is 0 Å². The smallest absolute Gasteiger partial charge is 0.225 e. The van der Waals surface area contributed by atoms with E-state index in [1.54, 1.807) is 4.90 Å². The highest BCUT2D eigenvalue weighted by Gasteiger charge is 2.15. The molecule has 1 amide bonds. The average Bonchev–Trinajstić information content (AvgIpc) is 2.11. The van der Waals surface area contributed by atoms with Gasteiger partial charge in [-0.2, -0.15) is 0 Å². The Hall–Kier alpha value is -0.240. The number of hydrogen-bond donors (Lipinski definition) is 0. The fourth-order valence-electron chi connectivity index (χ4n) is 1.03. The maximum Gasteiger partial charge on any atom is 0.225 e. The minimum atomic E-state index is 0.135. The van der Waals surface area contributed by atoms with Gasteiger partial charge in [-0.3, -0.25) is 4.79 Å². The Labute approximate surface area is 86.2 Å². The summed E-state index contributed by atoms with van der Waals surface area (Å²) in [6, 6.07) is 0. The summed E-state index contributed by atoms with van der Waals surface area (Å²) >= 11 is 5.80. The third-order valence-electron chi connectivity index (χ3n) is 2.27. The maximum absolute atomic E-state index is 11.6. The van der Waals surface area contributed by atoms with E-state index in [-0.39, 0.29) is 17.2 Å². The molecule has 0 saturated carbocycles. The van der Waals surface area contributed by atoms with Gasteiger partial charge in [-0.25, -0.2) is 0 Å². The third-order valence-corrected chi connectivity index (χ3v) is 2.49. The van der Waals surface area contributed by atoms with Gasteiger partial charge in [-0.15, -0.1) is 11.6 Å². The summed E-state index contributed by atoms with van der Waals surface area (Å²) in [6.07, 6.45) is 1.76. The normalized spacial score (nSPS) is 15.2. The van der Waals surface area contributed by atoms with Gasteiger partial charge >= 0.3 is 0 Å². The molecule has 2 unspecified atom stereocenters. The molecule has 78 valence electrons. The van der Waals surface area contributed by atoms with Gasteiger partial charge in [0.15, 0.2) is 0 Å². The monoisotopic (exact) mass is 205 g/mol. The highest BCUT2D eigenvalue weighted by atomic mass is 35.5. The zero-order valence-corrected chi connectivity index (χ0v) is 9.77. The third kappa shape index (κ3) is 5.14. The Morgan fingerprint density at radius 1 is 1.46 bits per heavy atom. The molecule has 13 heavy (non-hydrogen) atoms. The molecule has 0 aromatic carbocycles. The van der Waals surface area contributed by atoms with E-state index in [1.807, 2.05) is 27.8 Å². The summed E-state index contributed by atoms with van der Waals surface area (Å²) < 4.78 is 0. The van der Waals surface area contributed by atoms with E-state index in [9.17, 15) is 4.79 Å². The van der Waals surface area contributed by atoms with Crippen molar-refractivity contribution < 1.29 is 4.79 Å². The van der Waals surface area contributed by atoms with Gasteiger partial charge in [0.25, 0.3) is 0 Å². The first kappa shape index (κ1) is 12.8. The Morgan fingerprint density at radius 2 is 2.00 bits per heavy atom. The molecule has 2 atom stereocenters. The van der Waals surface area contributed by atoms with Crippen molar-refractivity contribution >= 4 is 17.5 Å². The number of carbonyl (C=O) groups excluding carboxylic acids is 1. The van der Waals surface area contributed by atoms with Crippen LogP contribution in [0.1, 0.15) is 33.6 Å². The molecule has 0 aliphatic carbocycles. The second kappa shape index (κ2) is 6.25. The van der Waals surface area contributed by atoms with E-state index < -0.39 is 0 Å². The largest absolute Gasteiger partial charge is 0.345 e. The number of nitrogens with zero attached hydrogens (tertiary/aromatic N) is 1. The van der Waals surface area contributed by atoms with Gasteiger partial charge in [-0.05, 0) is 19.8 Å². The van der Waals surface area contributed by atoms with Crippen molar-refractivity contribution in [3.8, 4) is 0 Å². The highest BCUT2D eigenvalue weighted by molar-refractivity contribution is 6.20. The first-order valence-electron chi connectivity index (χ1n) is 4.88. The molecule has 0 N–H and O–H groups in total. The lowest BCUT2D eigenvalue weighted by molar-refractivity contribution is -0.133. The molecule has 0 fully saturated rings. The summed E-state index contributed by atoms with van der Waals surface area (Å²) in [5, 5.41) is 0.146. The molecule has 0 aromatic heterocycles. The molecule has 2 nitrogen and oxygen atoms in total. The first-order valence-corrected chi connectivity index (χ1v) is 5.31. The van der Waals surface area contributed by atoms with Crippen molar-refractivity contribution in [3.05, 3.63) is 0 Å². The lowest BCUT2D eigenvalue weighted by atomic mass is 10.1. The average molecular weight is 206 g/mol. The van der Waals surface area contributed by atoms with Crippen LogP contribution in [0.2, 0.25) is 0 Å². The van der Waals surface area contributed by atoms with E-state index in [4.69, 9.17) is 11.6 Å². The lowest BCUT2D eigenvalue weighted by Gasteiger charge is -2.21. The number of carbonyl (C=O) groups is 1. The summed E-state index contributed by atoms with van der Waals surface area (Å²) in [4.78, 5) is 13.3. The first-order chi connectivity index (χ1) is 5.99. The second-order valence-corrected chi connectivity index (χ2v) is 4.38. The van der Waals surface area contributed by atoms with Crippen molar-refractivity contribution in [3.63, 3.8) is 0 Å².